The molecule has 2 aromatic rings. The molecule has 2 rings (SSSR count). The van der Waals surface area contributed by atoms with Gasteiger partial charge in [-0.05, 0) is 30.3 Å². The lowest BCUT2D eigenvalue weighted by Gasteiger charge is -2.10. The number of aromatic nitrogens is 1. The van der Waals surface area contributed by atoms with Gasteiger partial charge < -0.3 is 15.2 Å². The molecule has 5 heteroatoms. The standard InChI is InChI=1S/C13H13ClN2O2/c1-17-13-9(3-2-6-16-13)8-18-12-5-4-10(15)7-11(12)14/h2-7H,8,15H2,1H3. The quantitative estimate of drug-likeness (QED) is 0.863. The van der Waals surface area contributed by atoms with Crippen LogP contribution in [0.5, 0.6) is 11.6 Å². The Morgan fingerprint density at radius 2 is 2.17 bits per heavy atom. The highest BCUT2D eigenvalue weighted by Gasteiger charge is 2.06. The fourth-order valence-corrected chi connectivity index (χ4v) is 1.75. The number of anilines is 1. The van der Waals surface area contributed by atoms with E-state index in [0.717, 1.165) is 5.56 Å². The van der Waals surface area contributed by atoms with E-state index in [4.69, 9.17) is 26.8 Å². The maximum absolute atomic E-state index is 6.02. The molecule has 0 unspecified atom stereocenters. The molecule has 1 aromatic heterocycles. The second-order valence-electron chi connectivity index (χ2n) is 3.65. The molecule has 1 aromatic carbocycles. The van der Waals surface area contributed by atoms with Crippen molar-refractivity contribution in [2.75, 3.05) is 12.8 Å². The van der Waals surface area contributed by atoms with E-state index in [1.54, 1.807) is 31.5 Å². The first-order valence-electron chi connectivity index (χ1n) is 5.36. The molecular weight excluding hydrogens is 252 g/mol. The lowest BCUT2D eigenvalue weighted by atomic mass is 10.3. The van der Waals surface area contributed by atoms with E-state index in [9.17, 15) is 0 Å². The summed E-state index contributed by atoms with van der Waals surface area (Å²) in [6.45, 7) is 0.334. The number of hydrogen-bond donors (Lipinski definition) is 1. The topological polar surface area (TPSA) is 57.4 Å². The zero-order chi connectivity index (χ0) is 13.0. The SMILES string of the molecule is COc1ncccc1COc1ccc(N)cc1Cl. The van der Waals surface area contributed by atoms with Crippen LogP contribution in [0.25, 0.3) is 0 Å². The van der Waals surface area contributed by atoms with Gasteiger partial charge >= 0.3 is 0 Å². The van der Waals surface area contributed by atoms with Crippen molar-refractivity contribution in [2.45, 2.75) is 6.61 Å². The normalized spacial score (nSPS) is 10.1. The van der Waals surface area contributed by atoms with E-state index in [-0.39, 0.29) is 0 Å². The molecule has 94 valence electrons. The van der Waals surface area contributed by atoms with Crippen molar-refractivity contribution < 1.29 is 9.47 Å². The van der Waals surface area contributed by atoms with Gasteiger partial charge in [-0.2, -0.15) is 0 Å². The Kier molecular flexibility index (Phi) is 3.89. The summed E-state index contributed by atoms with van der Waals surface area (Å²) in [4.78, 5) is 4.09. The minimum absolute atomic E-state index is 0.334. The molecule has 0 aliphatic carbocycles. The van der Waals surface area contributed by atoms with E-state index in [2.05, 4.69) is 4.98 Å². The fraction of sp³-hybridized carbons (Fsp3) is 0.154. The monoisotopic (exact) mass is 264 g/mol. The smallest absolute Gasteiger partial charge is 0.219 e. The summed E-state index contributed by atoms with van der Waals surface area (Å²) in [5, 5.41) is 0.484. The van der Waals surface area contributed by atoms with Crippen LogP contribution in [0.3, 0.4) is 0 Å². The number of halogens is 1. The van der Waals surface area contributed by atoms with Crippen LogP contribution in [0, 0.1) is 0 Å². The average Bonchev–Trinajstić information content (AvgIpc) is 2.38. The van der Waals surface area contributed by atoms with Crippen LogP contribution in [-0.4, -0.2) is 12.1 Å². The minimum atomic E-state index is 0.334. The van der Waals surface area contributed by atoms with E-state index < -0.39 is 0 Å². The molecule has 0 atom stereocenters. The summed E-state index contributed by atoms with van der Waals surface area (Å²) >= 11 is 6.02. The van der Waals surface area contributed by atoms with Crippen LogP contribution < -0.4 is 15.2 Å². The maximum Gasteiger partial charge on any atom is 0.219 e. The van der Waals surface area contributed by atoms with Gasteiger partial charge in [0.05, 0.1) is 17.7 Å². The Balaban J connectivity index is 2.11. The summed E-state index contributed by atoms with van der Waals surface area (Å²) in [6.07, 6.45) is 1.67. The Labute approximate surface area is 110 Å². The maximum atomic E-state index is 6.02. The number of nitrogens with zero attached hydrogens (tertiary/aromatic N) is 1. The van der Waals surface area contributed by atoms with Crippen molar-refractivity contribution >= 4 is 17.3 Å². The van der Waals surface area contributed by atoms with Crippen LogP contribution in [0.15, 0.2) is 36.5 Å². The second-order valence-corrected chi connectivity index (χ2v) is 4.06. The molecule has 0 fully saturated rings. The number of rotatable bonds is 4. The van der Waals surface area contributed by atoms with Gasteiger partial charge in [0, 0.05) is 11.9 Å². The number of nitrogens with two attached hydrogens (primary N) is 1. The number of methoxy groups -OCH3 is 1. The largest absolute Gasteiger partial charge is 0.487 e. The lowest BCUT2D eigenvalue weighted by Crippen LogP contribution is -2.00. The van der Waals surface area contributed by atoms with Gasteiger partial charge in [-0.25, -0.2) is 4.98 Å². The zero-order valence-corrected chi connectivity index (χ0v) is 10.6. The third-order valence-corrected chi connectivity index (χ3v) is 2.68. The predicted octanol–water partition coefficient (Wildman–Crippen LogP) is 2.90. The van der Waals surface area contributed by atoms with Crippen molar-refractivity contribution in [3.63, 3.8) is 0 Å². The molecule has 2 N–H and O–H groups in total. The molecule has 0 aliphatic heterocycles. The van der Waals surface area contributed by atoms with E-state index in [0.29, 0.717) is 28.9 Å². The van der Waals surface area contributed by atoms with E-state index in [1.165, 1.54) is 0 Å². The molecule has 18 heavy (non-hydrogen) atoms. The van der Waals surface area contributed by atoms with Gasteiger partial charge in [0.1, 0.15) is 12.4 Å². The average molecular weight is 265 g/mol. The highest BCUT2D eigenvalue weighted by molar-refractivity contribution is 6.32. The molecule has 0 amide bonds. The highest BCUT2D eigenvalue weighted by atomic mass is 35.5. The van der Waals surface area contributed by atoms with Crippen molar-refractivity contribution in [3.05, 3.63) is 47.1 Å². The second kappa shape index (κ2) is 5.60. The first-order chi connectivity index (χ1) is 8.70. The van der Waals surface area contributed by atoms with E-state index >= 15 is 0 Å². The van der Waals surface area contributed by atoms with Crippen LogP contribution in [0.4, 0.5) is 5.69 Å². The number of ether oxygens (including phenoxy) is 2. The third kappa shape index (κ3) is 2.84. The van der Waals surface area contributed by atoms with Crippen molar-refractivity contribution in [1.82, 2.24) is 4.98 Å². The summed E-state index contributed by atoms with van der Waals surface area (Å²) < 4.78 is 10.8. The summed E-state index contributed by atoms with van der Waals surface area (Å²) in [5.41, 5.74) is 7.07. The third-order valence-electron chi connectivity index (χ3n) is 2.38. The van der Waals surface area contributed by atoms with Crippen LogP contribution in [0.2, 0.25) is 5.02 Å². The summed E-state index contributed by atoms with van der Waals surface area (Å²) in [7, 11) is 1.57. The lowest BCUT2D eigenvalue weighted by molar-refractivity contribution is 0.294. The molecule has 0 aliphatic rings. The van der Waals surface area contributed by atoms with E-state index in [1.807, 2.05) is 12.1 Å². The number of pyridine rings is 1. The predicted molar refractivity (Wildman–Crippen MR) is 71.0 cm³/mol. The number of hydrogen-bond acceptors (Lipinski definition) is 4. The Hall–Kier alpha value is -1.94. The number of benzene rings is 1. The Bertz CT molecular complexity index is 546. The first-order valence-corrected chi connectivity index (χ1v) is 5.74. The van der Waals surface area contributed by atoms with Crippen LogP contribution in [0.1, 0.15) is 5.56 Å². The molecule has 0 saturated carbocycles. The molecule has 1 heterocycles. The van der Waals surface area contributed by atoms with Gasteiger partial charge in [-0.1, -0.05) is 11.6 Å². The van der Waals surface area contributed by atoms with Crippen molar-refractivity contribution in [1.29, 1.82) is 0 Å². The number of nitrogen functional groups attached to an aromatic ring is 1. The zero-order valence-electron chi connectivity index (χ0n) is 9.89. The molecule has 0 bridgehead atoms. The Morgan fingerprint density at radius 3 is 2.89 bits per heavy atom. The first kappa shape index (κ1) is 12.5. The van der Waals surface area contributed by atoms with Crippen LogP contribution in [-0.2, 0) is 6.61 Å². The van der Waals surface area contributed by atoms with Gasteiger partial charge in [-0.3, -0.25) is 0 Å². The molecular formula is C13H13ClN2O2. The van der Waals surface area contributed by atoms with Crippen molar-refractivity contribution in [2.24, 2.45) is 0 Å². The van der Waals surface area contributed by atoms with Crippen LogP contribution >= 0.6 is 11.6 Å². The summed E-state index contributed by atoms with van der Waals surface area (Å²) in [5.74, 6) is 1.13. The van der Waals surface area contributed by atoms with Gasteiger partial charge in [0.15, 0.2) is 0 Å². The Morgan fingerprint density at radius 1 is 1.33 bits per heavy atom. The summed E-state index contributed by atoms with van der Waals surface area (Å²) in [6, 6.07) is 8.84. The fourth-order valence-electron chi connectivity index (χ4n) is 1.51. The van der Waals surface area contributed by atoms with Gasteiger partial charge in [-0.15, -0.1) is 0 Å². The van der Waals surface area contributed by atoms with Gasteiger partial charge in [0.2, 0.25) is 5.88 Å². The van der Waals surface area contributed by atoms with Gasteiger partial charge in [0.25, 0.3) is 0 Å². The molecule has 0 spiro atoms. The molecule has 0 saturated heterocycles. The minimum Gasteiger partial charge on any atom is -0.487 e. The molecule has 4 nitrogen and oxygen atoms in total. The molecule has 0 radical (unpaired) electrons. The highest BCUT2D eigenvalue weighted by Crippen LogP contribution is 2.27. The van der Waals surface area contributed by atoms with Crippen molar-refractivity contribution in [3.8, 4) is 11.6 Å².